The monoisotopic (exact) mass is 414 g/mol. The third kappa shape index (κ3) is 3.44. The number of hydrogen-bond acceptors (Lipinski definition) is 8. The summed E-state index contributed by atoms with van der Waals surface area (Å²) in [7, 11) is -4.92. The summed E-state index contributed by atoms with van der Waals surface area (Å²) in [6, 6.07) is 0. The lowest BCUT2D eigenvalue weighted by molar-refractivity contribution is -0.200. The summed E-state index contributed by atoms with van der Waals surface area (Å²) in [5.41, 5.74) is 0. The van der Waals surface area contributed by atoms with Crippen LogP contribution < -0.4 is 0 Å². The summed E-state index contributed by atoms with van der Waals surface area (Å²) in [6.07, 6.45) is 1.49. The Morgan fingerprint density at radius 2 is 1.57 bits per heavy atom. The molecule has 1 N–H and O–H groups in total. The molecular weight excluding hydrogens is 396 g/mol. The Morgan fingerprint density at radius 1 is 1.07 bits per heavy atom. The van der Waals surface area contributed by atoms with Crippen molar-refractivity contribution in [3.05, 3.63) is 12.2 Å². The summed E-state index contributed by atoms with van der Waals surface area (Å²) in [4.78, 5) is 64.8. The highest BCUT2D eigenvalue weighted by Crippen LogP contribution is 2.39. The molecule has 0 aromatic heterocycles. The Balaban J connectivity index is 1.71. The molecule has 1 saturated heterocycles. The van der Waals surface area contributed by atoms with E-state index in [1.165, 1.54) is 0 Å². The van der Waals surface area contributed by atoms with Gasteiger partial charge in [-0.25, -0.2) is 4.79 Å². The molecule has 0 aromatic rings. The number of rotatable bonds is 5. The SMILES string of the molecule is O=C1C=CC(=O)N1CC1CCC(C(=O)ON2C(=O)CCC2=O)(S(=O)(=O)O)CC1. The maximum Gasteiger partial charge on any atom is 0.356 e. The van der Waals surface area contributed by atoms with Crippen LogP contribution in [0.25, 0.3) is 0 Å². The molecule has 2 aliphatic heterocycles. The van der Waals surface area contributed by atoms with Crippen molar-refractivity contribution < 1.29 is 41.8 Å². The third-order valence-corrected chi connectivity index (χ3v) is 6.86. The van der Waals surface area contributed by atoms with Gasteiger partial charge in [0.05, 0.1) is 0 Å². The molecular formula is C16H18N2O9S. The zero-order chi connectivity index (χ0) is 20.7. The van der Waals surface area contributed by atoms with E-state index in [0.29, 0.717) is 0 Å². The van der Waals surface area contributed by atoms with Crippen LogP contribution in [0, 0.1) is 5.92 Å². The largest absolute Gasteiger partial charge is 0.356 e. The molecule has 0 aromatic carbocycles. The molecule has 1 saturated carbocycles. The molecule has 3 rings (SSSR count). The molecule has 0 unspecified atom stereocenters. The normalized spacial score (nSPS) is 28.4. The van der Waals surface area contributed by atoms with E-state index >= 15 is 0 Å². The Morgan fingerprint density at radius 3 is 2.04 bits per heavy atom. The van der Waals surface area contributed by atoms with Gasteiger partial charge >= 0.3 is 5.97 Å². The summed E-state index contributed by atoms with van der Waals surface area (Å²) in [6.45, 7) is 0.0599. The maximum absolute atomic E-state index is 12.5. The molecule has 12 heteroatoms. The van der Waals surface area contributed by atoms with E-state index in [1.54, 1.807) is 0 Å². The minimum absolute atomic E-state index is 0.0599. The van der Waals surface area contributed by atoms with E-state index in [-0.39, 0.29) is 56.1 Å². The van der Waals surface area contributed by atoms with Gasteiger partial charge in [0, 0.05) is 31.5 Å². The maximum atomic E-state index is 12.5. The van der Waals surface area contributed by atoms with Crippen LogP contribution in [0.15, 0.2) is 12.2 Å². The molecule has 0 atom stereocenters. The van der Waals surface area contributed by atoms with Gasteiger partial charge in [-0.05, 0) is 31.6 Å². The Kier molecular flexibility index (Phi) is 5.10. The van der Waals surface area contributed by atoms with Gasteiger partial charge in [0.25, 0.3) is 33.7 Å². The number of carbonyl (C=O) groups excluding carboxylic acids is 5. The van der Waals surface area contributed by atoms with Gasteiger partial charge in [0.2, 0.25) is 0 Å². The van der Waals surface area contributed by atoms with E-state index < -0.39 is 44.5 Å². The van der Waals surface area contributed by atoms with E-state index in [0.717, 1.165) is 17.1 Å². The van der Waals surface area contributed by atoms with Gasteiger partial charge in [0.1, 0.15) is 0 Å². The Bertz CT molecular complexity index is 850. The third-order valence-electron chi connectivity index (χ3n) is 5.30. The van der Waals surface area contributed by atoms with E-state index in [2.05, 4.69) is 0 Å². The summed E-state index contributed by atoms with van der Waals surface area (Å²) in [5, 5.41) is 0.231. The first kappa shape index (κ1) is 20.1. The molecule has 11 nitrogen and oxygen atoms in total. The predicted molar refractivity (Wildman–Crippen MR) is 89.3 cm³/mol. The topological polar surface area (TPSA) is 155 Å². The highest BCUT2D eigenvalue weighted by atomic mass is 32.2. The van der Waals surface area contributed by atoms with Crippen LogP contribution in [0.2, 0.25) is 0 Å². The second-order valence-electron chi connectivity index (χ2n) is 6.99. The fourth-order valence-electron chi connectivity index (χ4n) is 3.59. The van der Waals surface area contributed by atoms with Crippen LogP contribution in [-0.4, -0.2) is 63.8 Å². The molecule has 4 amide bonds. The fourth-order valence-corrected chi connectivity index (χ4v) is 4.59. The van der Waals surface area contributed by atoms with E-state index in [9.17, 15) is 36.9 Å². The average molecular weight is 414 g/mol. The van der Waals surface area contributed by atoms with Crippen molar-refractivity contribution in [1.82, 2.24) is 9.96 Å². The quantitative estimate of drug-likeness (QED) is 0.455. The zero-order valence-corrected chi connectivity index (χ0v) is 15.5. The zero-order valence-electron chi connectivity index (χ0n) is 14.7. The Hall–Kier alpha value is -2.60. The van der Waals surface area contributed by atoms with Crippen molar-refractivity contribution in [1.29, 1.82) is 0 Å². The van der Waals surface area contributed by atoms with Crippen LogP contribution >= 0.6 is 0 Å². The minimum atomic E-state index is -4.92. The van der Waals surface area contributed by atoms with Crippen LogP contribution in [0.5, 0.6) is 0 Å². The molecule has 152 valence electrons. The lowest BCUT2D eigenvalue weighted by atomic mass is 9.81. The van der Waals surface area contributed by atoms with Crippen LogP contribution in [0.3, 0.4) is 0 Å². The number of nitrogens with zero attached hydrogens (tertiary/aromatic N) is 2. The van der Waals surface area contributed by atoms with Crippen molar-refractivity contribution >= 4 is 39.7 Å². The molecule has 1 aliphatic carbocycles. The first-order valence-corrected chi connectivity index (χ1v) is 10.1. The predicted octanol–water partition coefficient (Wildman–Crippen LogP) is -0.665. The molecule has 28 heavy (non-hydrogen) atoms. The lowest BCUT2D eigenvalue weighted by Gasteiger charge is -2.36. The highest BCUT2D eigenvalue weighted by molar-refractivity contribution is 7.88. The van der Waals surface area contributed by atoms with Crippen molar-refractivity contribution in [3.63, 3.8) is 0 Å². The molecule has 2 fully saturated rings. The molecule has 0 radical (unpaired) electrons. The smallest absolute Gasteiger partial charge is 0.328 e. The molecule has 0 spiro atoms. The first-order chi connectivity index (χ1) is 13.0. The lowest BCUT2D eigenvalue weighted by Crippen LogP contribution is -2.53. The molecule has 0 bridgehead atoms. The minimum Gasteiger partial charge on any atom is -0.328 e. The number of hydroxylamine groups is 2. The fraction of sp³-hybridized carbons (Fsp3) is 0.562. The Labute approximate surface area is 160 Å². The standard InChI is InChI=1S/C16H18N2O9S/c19-11-1-2-12(20)17(11)9-10-5-7-16(8-6-10,28(24,25)26)15(23)27-18-13(21)3-4-14(18)22/h1-2,10H,3-9H2,(H,24,25,26). The average Bonchev–Trinajstić information content (AvgIpc) is 3.11. The van der Waals surface area contributed by atoms with Gasteiger partial charge in [-0.1, -0.05) is 0 Å². The summed E-state index contributed by atoms with van der Waals surface area (Å²) < 4.78 is 31.3. The van der Waals surface area contributed by atoms with Crippen molar-refractivity contribution in [2.45, 2.75) is 43.3 Å². The molecule has 2 heterocycles. The molecule has 3 aliphatic rings. The second-order valence-corrected chi connectivity index (χ2v) is 8.73. The van der Waals surface area contributed by atoms with Crippen LogP contribution in [-0.2, 0) is 38.9 Å². The van der Waals surface area contributed by atoms with Crippen molar-refractivity contribution in [2.24, 2.45) is 5.92 Å². The van der Waals surface area contributed by atoms with Gasteiger partial charge in [-0.15, -0.1) is 5.06 Å². The van der Waals surface area contributed by atoms with Crippen LogP contribution in [0.1, 0.15) is 38.5 Å². The van der Waals surface area contributed by atoms with E-state index in [4.69, 9.17) is 4.84 Å². The number of carbonyl (C=O) groups is 5. The second kappa shape index (κ2) is 7.09. The highest BCUT2D eigenvalue weighted by Gasteiger charge is 2.55. The number of imide groups is 2. The van der Waals surface area contributed by atoms with Gasteiger partial charge in [-0.3, -0.25) is 28.6 Å². The van der Waals surface area contributed by atoms with E-state index in [1.807, 2.05) is 0 Å². The van der Waals surface area contributed by atoms with Crippen molar-refractivity contribution in [3.8, 4) is 0 Å². The number of amides is 4. The van der Waals surface area contributed by atoms with Crippen LogP contribution in [0.4, 0.5) is 0 Å². The van der Waals surface area contributed by atoms with Gasteiger partial charge in [-0.2, -0.15) is 8.42 Å². The van der Waals surface area contributed by atoms with Crippen molar-refractivity contribution in [2.75, 3.05) is 6.54 Å². The van der Waals surface area contributed by atoms with Gasteiger partial charge < -0.3 is 4.84 Å². The summed E-state index contributed by atoms with van der Waals surface area (Å²) >= 11 is 0. The first-order valence-electron chi connectivity index (χ1n) is 8.64. The van der Waals surface area contributed by atoms with Gasteiger partial charge in [0.15, 0.2) is 4.75 Å². The number of hydrogen-bond donors (Lipinski definition) is 1. The summed E-state index contributed by atoms with van der Waals surface area (Å²) in [5.74, 6) is -4.14.